The molecule has 0 spiro atoms. The minimum atomic E-state index is -1.17. The van der Waals surface area contributed by atoms with Gasteiger partial charge < -0.3 is 16.2 Å². The summed E-state index contributed by atoms with van der Waals surface area (Å²) in [4.78, 5) is 56.5. The number of amides is 3. The summed E-state index contributed by atoms with van der Waals surface area (Å²) in [6.45, 7) is 5.05. The van der Waals surface area contributed by atoms with Gasteiger partial charge in [0.2, 0.25) is 0 Å². The van der Waals surface area contributed by atoms with E-state index in [0.717, 1.165) is 31.1 Å². The van der Waals surface area contributed by atoms with E-state index in [4.69, 9.17) is 5.73 Å². The standard InChI is InChI=1S/C33H30N4O5/c1-3-5-13-35-29(34)22-15-23(33(41)42)25-18-9-12-21-26-20(31(39)37-32(21)40)11-7-16(24(18)26)17-8-10-19(27(22)28(17)25)30(38)36-14-6-4-2/h7-12,15H,3-6,13-14H2,1-2H3,(H2,34,35)(H,36,38)(H,41,42)(H,37,39,40). The largest absolute Gasteiger partial charge is 0.478 e. The molecular formula is C33H30N4O5. The zero-order valence-corrected chi connectivity index (χ0v) is 23.4. The van der Waals surface area contributed by atoms with Crippen molar-refractivity contribution in [3.63, 3.8) is 0 Å². The highest BCUT2D eigenvalue weighted by Crippen LogP contribution is 2.45. The van der Waals surface area contributed by atoms with Crippen LogP contribution in [0.25, 0.3) is 43.1 Å². The molecule has 9 nitrogen and oxygen atoms in total. The van der Waals surface area contributed by atoms with Gasteiger partial charge in [0, 0.05) is 51.5 Å². The molecule has 9 heteroatoms. The highest BCUT2D eigenvalue weighted by molar-refractivity contribution is 6.41. The molecular weight excluding hydrogens is 532 g/mol. The lowest BCUT2D eigenvalue weighted by molar-refractivity contribution is 0.0697. The maximum Gasteiger partial charge on any atom is 0.336 e. The van der Waals surface area contributed by atoms with Crippen LogP contribution in [0.1, 0.15) is 86.5 Å². The fraction of sp³-hybridized carbons (Fsp3) is 0.242. The monoisotopic (exact) mass is 562 g/mol. The molecule has 0 fully saturated rings. The molecule has 212 valence electrons. The lowest BCUT2D eigenvalue weighted by atomic mass is 9.81. The fourth-order valence-electron chi connectivity index (χ4n) is 6.09. The molecule has 0 radical (unpaired) electrons. The lowest BCUT2D eigenvalue weighted by Crippen LogP contribution is -2.34. The zero-order chi connectivity index (χ0) is 29.7. The third kappa shape index (κ3) is 4.03. The molecule has 0 aromatic heterocycles. The Morgan fingerprint density at radius 3 is 2.10 bits per heavy atom. The molecule has 1 aliphatic rings. The summed E-state index contributed by atoms with van der Waals surface area (Å²) < 4.78 is 0. The van der Waals surface area contributed by atoms with Crippen molar-refractivity contribution in [3.05, 3.63) is 70.3 Å². The molecule has 0 saturated carbocycles. The Kier molecular flexibility index (Phi) is 6.73. The second-order valence-electron chi connectivity index (χ2n) is 10.6. The maximum atomic E-state index is 13.6. The molecule has 0 unspecified atom stereocenters. The number of nitrogens with one attached hydrogen (secondary N) is 2. The summed E-state index contributed by atoms with van der Waals surface area (Å²) in [6.07, 6.45) is 3.46. The van der Waals surface area contributed by atoms with Gasteiger partial charge in [-0.05, 0) is 64.0 Å². The summed E-state index contributed by atoms with van der Waals surface area (Å²) in [5, 5.41) is 20.5. The van der Waals surface area contributed by atoms with Crippen LogP contribution < -0.4 is 16.4 Å². The van der Waals surface area contributed by atoms with Crippen LogP contribution in [-0.2, 0) is 0 Å². The van der Waals surface area contributed by atoms with Gasteiger partial charge in [0.1, 0.15) is 5.84 Å². The third-order valence-electron chi connectivity index (χ3n) is 8.08. The number of carboxylic acids is 1. The van der Waals surface area contributed by atoms with Crippen LogP contribution in [0, 0.1) is 0 Å². The second kappa shape index (κ2) is 10.4. The van der Waals surface area contributed by atoms with Crippen molar-refractivity contribution in [3.8, 4) is 0 Å². The van der Waals surface area contributed by atoms with Gasteiger partial charge in [0.05, 0.1) is 5.56 Å². The second-order valence-corrected chi connectivity index (χ2v) is 10.6. The van der Waals surface area contributed by atoms with E-state index in [9.17, 15) is 24.3 Å². The smallest absolute Gasteiger partial charge is 0.336 e. The van der Waals surface area contributed by atoms with Gasteiger partial charge in [-0.1, -0.05) is 44.9 Å². The van der Waals surface area contributed by atoms with Gasteiger partial charge in [-0.3, -0.25) is 24.7 Å². The van der Waals surface area contributed by atoms with Gasteiger partial charge in [-0.2, -0.15) is 0 Å². The molecule has 0 atom stereocenters. The molecule has 3 amide bonds. The number of carbonyl (C=O) groups is 4. The van der Waals surface area contributed by atoms with Crippen molar-refractivity contribution in [1.82, 2.24) is 10.6 Å². The number of unbranched alkanes of at least 4 members (excludes halogenated alkanes) is 2. The van der Waals surface area contributed by atoms with Crippen molar-refractivity contribution in [2.75, 3.05) is 13.1 Å². The fourth-order valence-corrected chi connectivity index (χ4v) is 6.09. The van der Waals surface area contributed by atoms with Gasteiger partial charge >= 0.3 is 5.97 Å². The van der Waals surface area contributed by atoms with E-state index in [1.807, 2.05) is 19.9 Å². The molecule has 1 aliphatic heterocycles. The predicted octanol–water partition coefficient (Wildman–Crippen LogP) is 5.35. The predicted molar refractivity (Wildman–Crippen MR) is 164 cm³/mol. The van der Waals surface area contributed by atoms with Crippen molar-refractivity contribution in [1.29, 1.82) is 0 Å². The van der Waals surface area contributed by atoms with Gasteiger partial charge in [-0.25, -0.2) is 4.79 Å². The normalized spacial score (nSPS) is 13.4. The van der Waals surface area contributed by atoms with Gasteiger partial charge in [0.25, 0.3) is 17.7 Å². The first kappa shape index (κ1) is 27.1. The third-order valence-corrected chi connectivity index (χ3v) is 8.08. The Morgan fingerprint density at radius 1 is 0.786 bits per heavy atom. The van der Waals surface area contributed by atoms with Crippen LogP contribution in [0.4, 0.5) is 0 Å². The Morgan fingerprint density at radius 2 is 1.43 bits per heavy atom. The van der Waals surface area contributed by atoms with E-state index < -0.39 is 17.8 Å². The van der Waals surface area contributed by atoms with Crippen LogP contribution in [-0.4, -0.2) is 47.7 Å². The van der Waals surface area contributed by atoms with Crippen LogP contribution in [0.5, 0.6) is 0 Å². The number of hydrogen-bond acceptors (Lipinski definition) is 5. The van der Waals surface area contributed by atoms with E-state index in [1.165, 1.54) is 6.07 Å². The summed E-state index contributed by atoms with van der Waals surface area (Å²) >= 11 is 0. The van der Waals surface area contributed by atoms with E-state index in [1.54, 1.807) is 30.3 Å². The van der Waals surface area contributed by atoms with Gasteiger partial charge in [0.15, 0.2) is 0 Å². The number of amidine groups is 1. The average molecular weight is 563 g/mol. The number of imide groups is 1. The summed E-state index contributed by atoms with van der Waals surface area (Å²) in [5.74, 6) is -2.30. The molecule has 42 heavy (non-hydrogen) atoms. The number of carbonyl (C=O) groups excluding carboxylic acids is 3. The lowest BCUT2D eigenvalue weighted by Gasteiger charge is -2.23. The van der Waals surface area contributed by atoms with E-state index in [2.05, 4.69) is 15.6 Å². The number of fused-ring (bicyclic) bond motifs is 2. The minimum Gasteiger partial charge on any atom is -0.478 e. The van der Waals surface area contributed by atoms with Gasteiger partial charge in [-0.15, -0.1) is 0 Å². The molecule has 0 saturated heterocycles. The van der Waals surface area contributed by atoms with E-state index >= 15 is 0 Å². The Hall–Kier alpha value is -5.05. The van der Waals surface area contributed by atoms with Crippen molar-refractivity contribution in [2.24, 2.45) is 10.7 Å². The first-order valence-corrected chi connectivity index (χ1v) is 14.2. The number of aromatic carboxylic acids is 1. The van der Waals surface area contributed by atoms with Crippen LogP contribution >= 0.6 is 0 Å². The van der Waals surface area contributed by atoms with Crippen molar-refractivity contribution in [2.45, 2.75) is 39.5 Å². The molecule has 0 aliphatic carbocycles. The molecule has 5 aromatic carbocycles. The number of rotatable bonds is 9. The molecule has 6 rings (SSSR count). The number of nitrogens with two attached hydrogens (primary N) is 1. The first-order chi connectivity index (χ1) is 20.3. The highest BCUT2D eigenvalue weighted by atomic mass is 16.4. The summed E-state index contributed by atoms with van der Waals surface area (Å²) in [7, 11) is 0. The van der Waals surface area contributed by atoms with Crippen LogP contribution in [0.2, 0.25) is 0 Å². The average Bonchev–Trinajstić information content (AvgIpc) is 2.98. The summed E-state index contributed by atoms with van der Waals surface area (Å²) in [6, 6.07) is 11.8. The van der Waals surface area contributed by atoms with Crippen molar-refractivity contribution < 1.29 is 24.3 Å². The Bertz CT molecular complexity index is 1990. The Labute approximate surface area is 241 Å². The highest BCUT2D eigenvalue weighted by Gasteiger charge is 2.30. The van der Waals surface area contributed by atoms with E-state index in [0.29, 0.717) is 73.0 Å². The zero-order valence-electron chi connectivity index (χ0n) is 23.4. The van der Waals surface area contributed by atoms with E-state index in [-0.39, 0.29) is 17.3 Å². The van der Waals surface area contributed by atoms with Crippen molar-refractivity contribution >= 4 is 72.6 Å². The number of aliphatic imine (C=N–C) groups is 1. The number of benzene rings is 5. The number of hydrogen-bond donors (Lipinski definition) is 4. The quantitative estimate of drug-likeness (QED) is 0.0475. The topological polar surface area (TPSA) is 151 Å². The summed E-state index contributed by atoms with van der Waals surface area (Å²) in [5.41, 5.74) is 7.97. The number of carboxylic acid groups (broad SMARTS) is 1. The van der Waals surface area contributed by atoms with Crippen LogP contribution in [0.15, 0.2) is 47.5 Å². The molecule has 0 bridgehead atoms. The Balaban J connectivity index is 1.81. The van der Waals surface area contributed by atoms with Crippen LogP contribution in [0.3, 0.4) is 0 Å². The molecule has 5 aromatic rings. The SMILES string of the molecule is CCCCN=C(N)c1cc(C(=O)O)c2c3ccc4c5c(ccc(c6ccc(C(=O)NCCCC)c1c62)c53)C(=O)NC4=O. The molecule has 1 heterocycles. The minimum absolute atomic E-state index is 0.00567. The maximum absolute atomic E-state index is 13.6. The first-order valence-electron chi connectivity index (χ1n) is 14.2. The molecule has 5 N–H and O–H groups in total. The number of nitrogens with zero attached hydrogens (tertiary/aromatic N) is 1.